The summed E-state index contributed by atoms with van der Waals surface area (Å²) in [5.74, 6) is -0.829. The van der Waals surface area contributed by atoms with Gasteiger partial charge in [-0.2, -0.15) is 5.26 Å². The molecule has 98 valence electrons. The second-order valence-electron chi connectivity index (χ2n) is 4.45. The van der Waals surface area contributed by atoms with Gasteiger partial charge in [-0.3, -0.25) is 15.1 Å². The van der Waals surface area contributed by atoms with Crippen molar-refractivity contribution in [2.45, 2.75) is 13.8 Å². The summed E-state index contributed by atoms with van der Waals surface area (Å²) >= 11 is 1.56. The van der Waals surface area contributed by atoms with Crippen LogP contribution in [0.4, 0.5) is 0 Å². The molecule has 0 aromatic carbocycles. The molecule has 1 aromatic rings. The summed E-state index contributed by atoms with van der Waals surface area (Å²) in [4.78, 5) is 14.8. The van der Waals surface area contributed by atoms with E-state index in [1.54, 1.807) is 11.3 Å². The van der Waals surface area contributed by atoms with Crippen LogP contribution in [0.5, 0.6) is 0 Å². The zero-order chi connectivity index (χ0) is 14.0. The fourth-order valence-corrected chi connectivity index (χ4v) is 2.92. The fraction of sp³-hybridized carbons (Fsp3) is 0.357. The molecule has 1 aliphatic rings. The molecule has 1 aromatic heterocycles. The molecule has 19 heavy (non-hydrogen) atoms. The predicted octanol–water partition coefficient (Wildman–Crippen LogP) is 2.75. The Labute approximate surface area is 116 Å². The third-order valence-electron chi connectivity index (χ3n) is 3.36. The van der Waals surface area contributed by atoms with Crippen LogP contribution in [-0.2, 0) is 4.79 Å². The van der Waals surface area contributed by atoms with E-state index >= 15 is 0 Å². The van der Waals surface area contributed by atoms with E-state index in [4.69, 9.17) is 5.41 Å². The number of nitrogens with one attached hydrogen (secondary N) is 1. The maximum Gasteiger partial charge on any atom is 0.255 e. The minimum atomic E-state index is -0.552. The second-order valence-corrected chi connectivity index (χ2v) is 5.42. The van der Waals surface area contributed by atoms with Crippen molar-refractivity contribution in [3.05, 3.63) is 28.0 Å². The first-order valence-electron chi connectivity index (χ1n) is 6.15. The van der Waals surface area contributed by atoms with Crippen molar-refractivity contribution >= 4 is 29.2 Å². The van der Waals surface area contributed by atoms with Crippen LogP contribution in [0.2, 0.25) is 0 Å². The smallest absolute Gasteiger partial charge is 0.255 e. The normalized spacial score (nSPS) is 25.7. The third-order valence-corrected chi connectivity index (χ3v) is 4.18. The van der Waals surface area contributed by atoms with Crippen molar-refractivity contribution in [1.82, 2.24) is 4.90 Å². The Morgan fingerprint density at radius 3 is 2.89 bits per heavy atom. The topological polar surface area (TPSA) is 68.0 Å². The van der Waals surface area contributed by atoms with Gasteiger partial charge < -0.3 is 0 Å². The van der Waals surface area contributed by atoms with Crippen molar-refractivity contribution in [2.24, 2.45) is 11.8 Å². The summed E-state index contributed by atoms with van der Waals surface area (Å²) in [6, 6.07) is 6.01. The summed E-state index contributed by atoms with van der Waals surface area (Å²) in [5, 5.41) is 19.1. The number of piperidine rings is 1. The van der Waals surface area contributed by atoms with Crippen molar-refractivity contribution in [3.8, 4) is 6.07 Å². The molecule has 2 rings (SSSR count). The Balaban J connectivity index is 2.45. The summed E-state index contributed by atoms with van der Waals surface area (Å²) in [6.07, 6.45) is 1.84. The maximum atomic E-state index is 12.4. The Kier molecular flexibility index (Phi) is 3.82. The molecule has 1 aliphatic heterocycles. The molecule has 2 heterocycles. The number of likely N-dealkylation sites (tertiary alicyclic amines) is 1. The fourth-order valence-electron chi connectivity index (χ4n) is 2.25. The highest BCUT2D eigenvalue weighted by Crippen LogP contribution is 2.31. The minimum Gasteiger partial charge on any atom is -0.296 e. The van der Waals surface area contributed by atoms with E-state index in [1.165, 1.54) is 4.90 Å². The first-order chi connectivity index (χ1) is 9.10. The summed E-state index contributed by atoms with van der Waals surface area (Å²) in [6.45, 7) is 4.08. The van der Waals surface area contributed by atoms with Crippen molar-refractivity contribution in [3.63, 3.8) is 0 Å². The lowest BCUT2D eigenvalue weighted by molar-refractivity contribution is -0.124. The molecule has 0 spiro atoms. The number of nitrogens with zero attached hydrogens (tertiary/aromatic N) is 2. The number of thiophene rings is 1. The van der Waals surface area contributed by atoms with Gasteiger partial charge in [0, 0.05) is 22.9 Å². The van der Waals surface area contributed by atoms with E-state index in [2.05, 4.69) is 6.07 Å². The number of nitriles is 1. The van der Waals surface area contributed by atoms with Gasteiger partial charge in [0.05, 0.1) is 6.07 Å². The lowest BCUT2D eigenvalue weighted by Crippen LogP contribution is -2.48. The number of carbonyl (C=O) groups is 1. The molecule has 0 saturated carbocycles. The van der Waals surface area contributed by atoms with Crippen LogP contribution in [0.3, 0.4) is 0 Å². The number of hydrogen-bond acceptors (Lipinski definition) is 4. The largest absolute Gasteiger partial charge is 0.296 e. The quantitative estimate of drug-likeness (QED) is 0.842. The number of likely N-dealkylation sites (N-methyl/N-ethyl adjacent to an activating group) is 1. The lowest BCUT2D eigenvalue weighted by atomic mass is 9.82. The number of carbonyl (C=O) groups excluding carboxylic acids is 1. The van der Waals surface area contributed by atoms with Gasteiger partial charge in [0.1, 0.15) is 11.8 Å². The number of amidine groups is 1. The number of hydrogen-bond donors (Lipinski definition) is 1. The Morgan fingerprint density at radius 2 is 2.37 bits per heavy atom. The van der Waals surface area contributed by atoms with Crippen LogP contribution < -0.4 is 0 Å². The van der Waals surface area contributed by atoms with Gasteiger partial charge >= 0.3 is 0 Å². The molecule has 0 aliphatic carbocycles. The third kappa shape index (κ3) is 2.32. The highest BCUT2D eigenvalue weighted by Gasteiger charge is 2.39. The Morgan fingerprint density at radius 1 is 1.63 bits per heavy atom. The number of rotatable bonds is 2. The first kappa shape index (κ1) is 13.5. The average molecular weight is 273 g/mol. The van der Waals surface area contributed by atoms with Gasteiger partial charge in [0.15, 0.2) is 0 Å². The van der Waals surface area contributed by atoms with Gasteiger partial charge in [-0.15, -0.1) is 11.3 Å². The van der Waals surface area contributed by atoms with Crippen LogP contribution >= 0.6 is 11.3 Å². The molecule has 1 N–H and O–H groups in total. The summed E-state index contributed by atoms with van der Waals surface area (Å²) in [5.41, 5.74) is 0.617. The monoisotopic (exact) mass is 273 g/mol. The summed E-state index contributed by atoms with van der Waals surface area (Å²) in [7, 11) is 0. The molecule has 1 fully saturated rings. The van der Waals surface area contributed by atoms with Crippen LogP contribution in [0, 0.1) is 28.6 Å². The Bertz CT molecular complexity index is 568. The van der Waals surface area contributed by atoms with Gasteiger partial charge in [-0.25, -0.2) is 0 Å². The van der Waals surface area contributed by atoms with Crippen LogP contribution in [0.15, 0.2) is 23.1 Å². The highest BCUT2D eigenvalue weighted by molar-refractivity contribution is 7.10. The van der Waals surface area contributed by atoms with Crippen LogP contribution in [0.25, 0.3) is 6.08 Å². The Hall–Kier alpha value is -1.93. The van der Waals surface area contributed by atoms with Crippen LogP contribution in [-0.4, -0.2) is 23.2 Å². The van der Waals surface area contributed by atoms with Gasteiger partial charge in [-0.1, -0.05) is 13.0 Å². The zero-order valence-corrected chi connectivity index (χ0v) is 11.7. The van der Waals surface area contributed by atoms with E-state index in [0.29, 0.717) is 12.1 Å². The predicted molar refractivity (Wildman–Crippen MR) is 75.7 cm³/mol. The van der Waals surface area contributed by atoms with E-state index in [-0.39, 0.29) is 17.7 Å². The summed E-state index contributed by atoms with van der Waals surface area (Å²) < 4.78 is 0. The molecule has 4 nitrogen and oxygen atoms in total. The van der Waals surface area contributed by atoms with Crippen molar-refractivity contribution in [1.29, 1.82) is 10.7 Å². The average Bonchev–Trinajstić information content (AvgIpc) is 2.88. The lowest BCUT2D eigenvalue weighted by Gasteiger charge is -2.35. The second kappa shape index (κ2) is 5.37. The molecule has 1 saturated heterocycles. The van der Waals surface area contributed by atoms with E-state index < -0.39 is 5.92 Å². The molecule has 5 heteroatoms. The van der Waals surface area contributed by atoms with Crippen molar-refractivity contribution in [2.75, 3.05) is 6.54 Å². The maximum absolute atomic E-state index is 12.4. The van der Waals surface area contributed by atoms with Crippen molar-refractivity contribution < 1.29 is 4.79 Å². The molecule has 2 unspecified atom stereocenters. The van der Waals surface area contributed by atoms with Gasteiger partial charge in [0.25, 0.3) is 5.91 Å². The molecule has 0 radical (unpaired) electrons. The number of amides is 1. The standard InChI is InChI=1S/C14H15N3OS/c1-3-17-13(16)12(8-15)9(2)11(14(17)18)7-10-5-4-6-19-10/h4-7,9,12,16H,3H2,1-2H3/b11-7+,16-13?. The molecular weight excluding hydrogens is 258 g/mol. The highest BCUT2D eigenvalue weighted by atomic mass is 32.1. The molecular formula is C14H15N3OS. The van der Waals surface area contributed by atoms with Gasteiger partial charge in [-0.05, 0) is 24.4 Å². The van der Waals surface area contributed by atoms with E-state index in [9.17, 15) is 10.1 Å². The minimum absolute atomic E-state index is 0.117. The van der Waals surface area contributed by atoms with E-state index in [1.807, 2.05) is 37.4 Å². The molecule has 0 bridgehead atoms. The molecule has 1 amide bonds. The molecule has 2 atom stereocenters. The SMILES string of the molecule is CCN1C(=N)C(C#N)C(C)/C(=C\c2cccs2)C1=O. The zero-order valence-electron chi connectivity index (χ0n) is 10.9. The first-order valence-corrected chi connectivity index (χ1v) is 7.03. The van der Waals surface area contributed by atoms with Crippen LogP contribution in [0.1, 0.15) is 18.7 Å². The van der Waals surface area contributed by atoms with E-state index in [0.717, 1.165) is 4.88 Å². The van der Waals surface area contributed by atoms with Gasteiger partial charge in [0.2, 0.25) is 0 Å².